The Morgan fingerprint density at radius 2 is 1.23 bits per heavy atom. The topological polar surface area (TPSA) is 75.8 Å². The average molecular weight is 670 g/mol. The van der Waals surface area contributed by atoms with Crippen molar-refractivity contribution in [3.63, 3.8) is 0 Å². The molecule has 0 amide bonds. The first-order valence-corrected chi connectivity index (χ1v) is 18.1. The summed E-state index contributed by atoms with van der Waals surface area (Å²) >= 11 is 0. The Balaban J connectivity index is 1.12. The fourth-order valence-electron chi connectivity index (χ4n) is 9.23. The van der Waals surface area contributed by atoms with Gasteiger partial charge in [0.2, 0.25) is 0 Å². The van der Waals surface area contributed by atoms with Crippen molar-refractivity contribution in [3.05, 3.63) is 144 Å². The zero-order chi connectivity index (χ0) is 34.4. The van der Waals surface area contributed by atoms with Crippen LogP contribution in [0.4, 0.5) is 0 Å². The smallest absolute Gasteiger partial charge is 0.180 e. The number of aromatic nitrogens is 2. The molecule has 6 aromatic carbocycles. The lowest BCUT2D eigenvalue weighted by molar-refractivity contribution is 0.353. The Bertz CT molecular complexity index is 2950. The van der Waals surface area contributed by atoms with E-state index < -0.39 is 0 Å². The molecule has 0 aliphatic heterocycles. The molecule has 52 heavy (non-hydrogen) atoms. The third-order valence-corrected chi connectivity index (χ3v) is 11.5. The van der Waals surface area contributed by atoms with Crippen LogP contribution in [0.25, 0.3) is 88.9 Å². The number of hydrogen-bond acceptors (Lipinski definition) is 5. The van der Waals surface area contributed by atoms with Gasteiger partial charge >= 0.3 is 0 Å². The van der Waals surface area contributed by atoms with E-state index in [1.165, 1.54) is 59.9 Å². The quantitative estimate of drug-likeness (QED) is 0.187. The van der Waals surface area contributed by atoms with E-state index in [1.807, 2.05) is 36.4 Å². The van der Waals surface area contributed by atoms with Gasteiger partial charge in [0.05, 0.1) is 11.6 Å². The fourth-order valence-corrected chi connectivity index (χ4v) is 9.23. The van der Waals surface area contributed by atoms with E-state index in [-0.39, 0.29) is 5.41 Å². The van der Waals surface area contributed by atoms with Crippen molar-refractivity contribution in [1.29, 1.82) is 5.26 Å². The summed E-state index contributed by atoms with van der Waals surface area (Å²) in [5.41, 5.74) is 15.1. The van der Waals surface area contributed by atoms with Crippen molar-refractivity contribution in [2.45, 2.75) is 37.5 Å². The van der Waals surface area contributed by atoms with Gasteiger partial charge in [0.1, 0.15) is 28.0 Å². The van der Waals surface area contributed by atoms with Crippen molar-refractivity contribution in [2.24, 2.45) is 0 Å². The second-order valence-electron chi connectivity index (χ2n) is 14.3. The van der Waals surface area contributed by atoms with Gasteiger partial charge in [0.15, 0.2) is 11.4 Å². The Labute approximate surface area is 299 Å². The highest BCUT2D eigenvalue weighted by Crippen LogP contribution is 2.58. The van der Waals surface area contributed by atoms with E-state index in [1.54, 1.807) is 12.1 Å². The van der Waals surface area contributed by atoms with E-state index in [2.05, 4.69) is 84.9 Å². The molecule has 0 N–H and O–H groups in total. The number of nitrogens with zero attached hydrogens (tertiary/aromatic N) is 3. The lowest BCUT2D eigenvalue weighted by Gasteiger charge is -2.37. The number of benzene rings is 6. The summed E-state index contributed by atoms with van der Waals surface area (Å²) in [6.07, 6.45) is 6.13. The van der Waals surface area contributed by atoms with Crippen LogP contribution in [0.15, 0.2) is 136 Å². The second kappa shape index (κ2) is 11.0. The van der Waals surface area contributed by atoms with Gasteiger partial charge in [-0.15, -0.1) is 0 Å². The van der Waals surface area contributed by atoms with Gasteiger partial charge in [0.25, 0.3) is 0 Å². The molecule has 1 fully saturated rings. The first-order chi connectivity index (χ1) is 25.7. The molecule has 2 aliphatic rings. The molecule has 0 bridgehead atoms. The summed E-state index contributed by atoms with van der Waals surface area (Å²) in [4.78, 5) is 10.1. The number of para-hydroxylation sites is 2. The Morgan fingerprint density at radius 3 is 2.10 bits per heavy atom. The molecule has 9 aromatic rings. The fraction of sp³-hybridized carbons (Fsp3) is 0.128. The molecular weight excluding hydrogens is 639 g/mol. The monoisotopic (exact) mass is 669 g/mol. The Kier molecular flexibility index (Phi) is 6.18. The number of nitriles is 1. The van der Waals surface area contributed by atoms with Crippen LogP contribution in [-0.4, -0.2) is 9.97 Å². The van der Waals surface area contributed by atoms with Crippen LogP contribution in [0.5, 0.6) is 0 Å². The van der Waals surface area contributed by atoms with Crippen LogP contribution in [0.1, 0.15) is 48.8 Å². The number of furan rings is 2. The predicted molar refractivity (Wildman–Crippen MR) is 207 cm³/mol. The highest BCUT2D eigenvalue weighted by atomic mass is 16.3. The summed E-state index contributed by atoms with van der Waals surface area (Å²) in [5.74, 6) is 0.577. The number of rotatable bonds is 3. The normalized spacial score (nSPS) is 14.7. The average Bonchev–Trinajstić information content (AvgIpc) is 3.86. The molecule has 246 valence electrons. The summed E-state index contributed by atoms with van der Waals surface area (Å²) in [6.45, 7) is 0. The summed E-state index contributed by atoms with van der Waals surface area (Å²) in [6, 6.07) is 46.3. The minimum Gasteiger partial charge on any atom is -0.455 e. The lowest BCUT2D eigenvalue weighted by atomic mass is 9.66. The molecule has 0 unspecified atom stereocenters. The molecule has 0 radical (unpaired) electrons. The predicted octanol–water partition coefficient (Wildman–Crippen LogP) is 12.4. The van der Waals surface area contributed by atoms with E-state index in [0.29, 0.717) is 22.7 Å². The van der Waals surface area contributed by atoms with Crippen molar-refractivity contribution < 1.29 is 8.83 Å². The van der Waals surface area contributed by atoms with Crippen LogP contribution in [-0.2, 0) is 5.41 Å². The molecule has 0 saturated heterocycles. The van der Waals surface area contributed by atoms with Gasteiger partial charge < -0.3 is 8.83 Å². The molecule has 3 aromatic heterocycles. The van der Waals surface area contributed by atoms with E-state index in [0.717, 1.165) is 55.1 Å². The SMILES string of the molecule is N#Cc1ccc(-c2nc(-c3ccc4oc5c(-c6cccc7c6C6(CCCCC6)c6ccccc6-7)cccc5c4c3)c3oc4ccccc4c3n2)cc1. The van der Waals surface area contributed by atoms with Gasteiger partial charge in [0, 0.05) is 38.3 Å². The van der Waals surface area contributed by atoms with Crippen LogP contribution in [0.3, 0.4) is 0 Å². The second-order valence-corrected chi connectivity index (χ2v) is 14.3. The summed E-state index contributed by atoms with van der Waals surface area (Å²) in [7, 11) is 0. The van der Waals surface area contributed by atoms with E-state index in [9.17, 15) is 5.26 Å². The van der Waals surface area contributed by atoms with Gasteiger partial charge in [-0.2, -0.15) is 5.26 Å². The maximum absolute atomic E-state index is 9.38. The van der Waals surface area contributed by atoms with Gasteiger partial charge in [-0.25, -0.2) is 9.97 Å². The minimum absolute atomic E-state index is 0.0275. The Morgan fingerprint density at radius 1 is 0.558 bits per heavy atom. The third-order valence-electron chi connectivity index (χ3n) is 11.5. The molecule has 1 saturated carbocycles. The van der Waals surface area contributed by atoms with Gasteiger partial charge in [-0.1, -0.05) is 92.1 Å². The van der Waals surface area contributed by atoms with Gasteiger partial charge in [-0.3, -0.25) is 0 Å². The molecule has 11 rings (SSSR count). The van der Waals surface area contributed by atoms with Crippen molar-refractivity contribution >= 4 is 44.0 Å². The molecule has 1 spiro atoms. The molecule has 5 nitrogen and oxygen atoms in total. The highest BCUT2D eigenvalue weighted by Gasteiger charge is 2.45. The maximum atomic E-state index is 9.38. The summed E-state index contributed by atoms with van der Waals surface area (Å²) < 4.78 is 13.3. The van der Waals surface area contributed by atoms with Crippen LogP contribution >= 0.6 is 0 Å². The van der Waals surface area contributed by atoms with Crippen LogP contribution in [0.2, 0.25) is 0 Å². The van der Waals surface area contributed by atoms with E-state index >= 15 is 0 Å². The molecule has 2 aliphatic carbocycles. The third kappa shape index (κ3) is 4.09. The van der Waals surface area contributed by atoms with Crippen LogP contribution < -0.4 is 0 Å². The van der Waals surface area contributed by atoms with Gasteiger partial charge in [-0.05, 0) is 95.3 Å². The van der Waals surface area contributed by atoms with Crippen LogP contribution in [0, 0.1) is 11.3 Å². The maximum Gasteiger partial charge on any atom is 0.180 e. The highest BCUT2D eigenvalue weighted by molar-refractivity contribution is 6.13. The van der Waals surface area contributed by atoms with E-state index in [4.69, 9.17) is 18.8 Å². The molecule has 3 heterocycles. The largest absolute Gasteiger partial charge is 0.455 e. The summed E-state index contributed by atoms with van der Waals surface area (Å²) in [5, 5.41) is 12.4. The first kappa shape index (κ1) is 29.2. The molecular formula is C47H31N3O2. The van der Waals surface area contributed by atoms with Crippen molar-refractivity contribution in [2.75, 3.05) is 0 Å². The lowest BCUT2D eigenvalue weighted by Crippen LogP contribution is -2.28. The van der Waals surface area contributed by atoms with Crippen molar-refractivity contribution in [1.82, 2.24) is 9.97 Å². The van der Waals surface area contributed by atoms with Crippen molar-refractivity contribution in [3.8, 4) is 51.0 Å². The zero-order valence-electron chi connectivity index (χ0n) is 28.3. The zero-order valence-corrected chi connectivity index (χ0v) is 28.3. The minimum atomic E-state index is 0.0275. The standard InChI is InChI=1S/C47H31N3O2/c48-27-28-18-20-29(21-19-28)46-49-42(45-43(50-46)36-11-3-5-17-39(36)52-45)30-22-23-40-37(26-30)35-15-9-14-34(44(35)51-40)33-13-8-12-32-31-10-2-4-16-38(31)47(41(32)33)24-6-1-7-25-47/h2-5,8-23,26H,1,6-7,24-25H2. The molecule has 5 heteroatoms. The number of fused-ring (bicyclic) bond motifs is 11. The Hall–Kier alpha value is -6.51. The molecule has 0 atom stereocenters. The first-order valence-electron chi connectivity index (χ1n) is 18.1. The number of hydrogen-bond donors (Lipinski definition) is 0.